The summed E-state index contributed by atoms with van der Waals surface area (Å²) in [6.45, 7) is 4.70. The van der Waals surface area contributed by atoms with Gasteiger partial charge in [-0.15, -0.1) is 0 Å². The van der Waals surface area contributed by atoms with Gasteiger partial charge in [-0.3, -0.25) is 9.97 Å². The van der Waals surface area contributed by atoms with Crippen LogP contribution in [0.5, 0.6) is 0 Å². The van der Waals surface area contributed by atoms with Gasteiger partial charge < -0.3 is 10.6 Å². The number of hydrogen-bond acceptors (Lipinski definition) is 6. The van der Waals surface area contributed by atoms with Crippen molar-refractivity contribution in [1.29, 1.82) is 0 Å². The standard InChI is InChI=1S/C18H20N6/c1-13(2)22-18-23-16(15-8-4-6-10-20-15)11-17(24-18)21-12-14-7-3-5-9-19-14/h3-11,13H,12H2,1-2H3,(H2,21,22,23,24). The molecule has 0 unspecified atom stereocenters. The highest BCUT2D eigenvalue weighted by molar-refractivity contribution is 5.61. The van der Waals surface area contributed by atoms with Gasteiger partial charge in [0.05, 0.1) is 23.6 Å². The second kappa shape index (κ2) is 7.50. The molecule has 0 aliphatic heterocycles. The predicted octanol–water partition coefficient (Wildman–Crippen LogP) is 3.37. The fourth-order valence-corrected chi connectivity index (χ4v) is 2.19. The number of anilines is 2. The molecule has 3 heterocycles. The maximum Gasteiger partial charge on any atom is 0.225 e. The maximum absolute atomic E-state index is 4.56. The molecule has 0 atom stereocenters. The van der Waals surface area contributed by atoms with Gasteiger partial charge in [0.15, 0.2) is 0 Å². The molecule has 0 bridgehead atoms. The fourth-order valence-electron chi connectivity index (χ4n) is 2.19. The Morgan fingerprint density at radius 1 is 0.917 bits per heavy atom. The maximum atomic E-state index is 4.56. The third-order valence-corrected chi connectivity index (χ3v) is 3.25. The Balaban J connectivity index is 1.87. The van der Waals surface area contributed by atoms with Gasteiger partial charge in [-0.1, -0.05) is 12.1 Å². The van der Waals surface area contributed by atoms with Gasteiger partial charge >= 0.3 is 0 Å². The molecule has 0 amide bonds. The molecule has 0 aliphatic carbocycles. The van der Waals surface area contributed by atoms with Crippen molar-refractivity contribution in [2.24, 2.45) is 0 Å². The normalized spacial score (nSPS) is 10.6. The Morgan fingerprint density at radius 2 is 1.71 bits per heavy atom. The van der Waals surface area contributed by atoms with E-state index in [4.69, 9.17) is 0 Å². The van der Waals surface area contributed by atoms with Crippen LogP contribution in [0.3, 0.4) is 0 Å². The van der Waals surface area contributed by atoms with Crippen molar-refractivity contribution in [3.8, 4) is 11.4 Å². The molecular formula is C18H20N6. The summed E-state index contributed by atoms with van der Waals surface area (Å²) in [6.07, 6.45) is 3.54. The van der Waals surface area contributed by atoms with Gasteiger partial charge in [0.25, 0.3) is 0 Å². The van der Waals surface area contributed by atoms with E-state index in [9.17, 15) is 0 Å². The SMILES string of the molecule is CC(C)Nc1nc(NCc2ccccn2)cc(-c2ccccn2)n1. The number of hydrogen-bond donors (Lipinski definition) is 2. The fraction of sp³-hybridized carbons (Fsp3) is 0.222. The first-order valence-electron chi connectivity index (χ1n) is 7.91. The first-order chi connectivity index (χ1) is 11.7. The summed E-state index contributed by atoms with van der Waals surface area (Å²) in [6, 6.07) is 13.8. The van der Waals surface area contributed by atoms with Crippen LogP contribution in [0.15, 0.2) is 54.9 Å². The summed E-state index contributed by atoms with van der Waals surface area (Å²) in [4.78, 5) is 17.8. The molecule has 6 nitrogen and oxygen atoms in total. The van der Waals surface area contributed by atoms with Crippen molar-refractivity contribution in [2.75, 3.05) is 10.6 Å². The largest absolute Gasteiger partial charge is 0.364 e. The summed E-state index contributed by atoms with van der Waals surface area (Å²) in [7, 11) is 0. The van der Waals surface area contributed by atoms with E-state index in [1.165, 1.54) is 0 Å². The summed E-state index contributed by atoms with van der Waals surface area (Å²) >= 11 is 0. The van der Waals surface area contributed by atoms with Crippen molar-refractivity contribution in [2.45, 2.75) is 26.4 Å². The quantitative estimate of drug-likeness (QED) is 0.725. The molecule has 3 rings (SSSR count). The molecule has 0 saturated carbocycles. The van der Waals surface area contributed by atoms with Crippen LogP contribution in [0.4, 0.5) is 11.8 Å². The summed E-state index contributed by atoms with van der Waals surface area (Å²) in [5.41, 5.74) is 2.54. The van der Waals surface area contributed by atoms with Crippen LogP contribution in [-0.2, 0) is 6.54 Å². The molecule has 3 aromatic rings. The Hall–Kier alpha value is -3.02. The van der Waals surface area contributed by atoms with Gasteiger partial charge in [0.2, 0.25) is 5.95 Å². The van der Waals surface area contributed by atoms with Gasteiger partial charge in [-0.2, -0.15) is 4.98 Å². The Bertz CT molecular complexity index is 774. The molecule has 0 aliphatic rings. The zero-order valence-electron chi connectivity index (χ0n) is 13.8. The summed E-state index contributed by atoms with van der Waals surface area (Å²) in [5.74, 6) is 1.32. The van der Waals surface area contributed by atoms with E-state index in [1.807, 2.05) is 42.5 Å². The van der Waals surface area contributed by atoms with Gasteiger partial charge in [0, 0.05) is 24.5 Å². The first kappa shape index (κ1) is 15.9. The Kier molecular flexibility index (Phi) is 4.96. The highest BCUT2D eigenvalue weighted by atomic mass is 15.2. The molecule has 6 heteroatoms. The highest BCUT2D eigenvalue weighted by Gasteiger charge is 2.08. The molecule has 0 aromatic carbocycles. The zero-order valence-corrected chi connectivity index (χ0v) is 13.8. The molecular weight excluding hydrogens is 300 g/mol. The Morgan fingerprint density at radius 3 is 2.38 bits per heavy atom. The molecule has 2 N–H and O–H groups in total. The number of pyridine rings is 2. The van der Waals surface area contributed by atoms with Crippen molar-refractivity contribution >= 4 is 11.8 Å². The summed E-state index contributed by atoms with van der Waals surface area (Å²) in [5, 5.41) is 6.55. The van der Waals surface area contributed by atoms with Crippen LogP contribution in [0.1, 0.15) is 19.5 Å². The lowest BCUT2D eigenvalue weighted by molar-refractivity contribution is 0.873. The lowest BCUT2D eigenvalue weighted by Crippen LogP contribution is -2.14. The zero-order chi connectivity index (χ0) is 16.8. The van der Waals surface area contributed by atoms with Crippen LogP contribution in [-0.4, -0.2) is 26.0 Å². The van der Waals surface area contributed by atoms with E-state index in [0.717, 1.165) is 22.9 Å². The lowest BCUT2D eigenvalue weighted by atomic mass is 10.2. The molecule has 0 fully saturated rings. The molecule has 0 spiro atoms. The van der Waals surface area contributed by atoms with Crippen LogP contribution < -0.4 is 10.6 Å². The second-order valence-electron chi connectivity index (χ2n) is 5.65. The monoisotopic (exact) mass is 320 g/mol. The van der Waals surface area contributed by atoms with E-state index in [2.05, 4.69) is 44.4 Å². The average Bonchev–Trinajstić information content (AvgIpc) is 2.61. The minimum atomic E-state index is 0.243. The van der Waals surface area contributed by atoms with Gasteiger partial charge in [-0.05, 0) is 38.1 Å². The van der Waals surface area contributed by atoms with E-state index < -0.39 is 0 Å². The average molecular weight is 320 g/mol. The number of nitrogens with zero attached hydrogens (tertiary/aromatic N) is 4. The third kappa shape index (κ3) is 4.25. The van der Waals surface area contributed by atoms with Crippen LogP contribution in [0.25, 0.3) is 11.4 Å². The van der Waals surface area contributed by atoms with Crippen LogP contribution in [0, 0.1) is 0 Å². The van der Waals surface area contributed by atoms with Crippen LogP contribution >= 0.6 is 0 Å². The van der Waals surface area contributed by atoms with E-state index >= 15 is 0 Å². The van der Waals surface area contributed by atoms with Crippen molar-refractivity contribution < 1.29 is 0 Å². The van der Waals surface area contributed by atoms with Crippen molar-refractivity contribution in [3.05, 3.63) is 60.6 Å². The minimum Gasteiger partial charge on any atom is -0.364 e. The molecule has 0 radical (unpaired) electrons. The highest BCUT2D eigenvalue weighted by Crippen LogP contribution is 2.20. The number of aromatic nitrogens is 4. The second-order valence-corrected chi connectivity index (χ2v) is 5.65. The predicted molar refractivity (Wildman–Crippen MR) is 95.6 cm³/mol. The van der Waals surface area contributed by atoms with Gasteiger partial charge in [0.1, 0.15) is 5.82 Å². The Labute approximate surface area is 141 Å². The minimum absolute atomic E-state index is 0.243. The third-order valence-electron chi connectivity index (χ3n) is 3.25. The van der Waals surface area contributed by atoms with Crippen LogP contribution in [0.2, 0.25) is 0 Å². The van der Waals surface area contributed by atoms with Crippen molar-refractivity contribution in [3.63, 3.8) is 0 Å². The lowest BCUT2D eigenvalue weighted by Gasteiger charge is -2.12. The van der Waals surface area contributed by atoms with Crippen molar-refractivity contribution in [1.82, 2.24) is 19.9 Å². The first-order valence-corrected chi connectivity index (χ1v) is 7.91. The van der Waals surface area contributed by atoms with Gasteiger partial charge in [-0.25, -0.2) is 4.98 Å². The topological polar surface area (TPSA) is 75.6 Å². The molecule has 24 heavy (non-hydrogen) atoms. The smallest absolute Gasteiger partial charge is 0.225 e. The molecule has 122 valence electrons. The van der Waals surface area contributed by atoms with E-state index in [-0.39, 0.29) is 6.04 Å². The molecule has 3 aromatic heterocycles. The van der Waals surface area contributed by atoms with E-state index in [0.29, 0.717) is 12.5 Å². The molecule has 0 saturated heterocycles. The summed E-state index contributed by atoms with van der Waals surface area (Å²) < 4.78 is 0. The number of nitrogens with one attached hydrogen (secondary N) is 2. The number of rotatable bonds is 6. The van der Waals surface area contributed by atoms with E-state index in [1.54, 1.807) is 12.4 Å².